The number of anilines is 1. The van der Waals surface area contributed by atoms with Gasteiger partial charge in [-0.2, -0.15) is 0 Å². The Morgan fingerprint density at radius 3 is 2.59 bits per heavy atom. The summed E-state index contributed by atoms with van der Waals surface area (Å²) in [6.07, 6.45) is 9.31. The number of methoxy groups -OCH3 is 1. The smallest absolute Gasteiger partial charge is 0.418 e. The average Bonchev–Trinajstić information content (AvgIpc) is 3.39. The van der Waals surface area contributed by atoms with E-state index in [4.69, 9.17) is 9.47 Å². The van der Waals surface area contributed by atoms with Gasteiger partial charge in [0, 0.05) is 48.1 Å². The van der Waals surface area contributed by atoms with Crippen LogP contribution < -0.4 is 4.90 Å². The summed E-state index contributed by atoms with van der Waals surface area (Å²) in [6, 6.07) is 17.2. The van der Waals surface area contributed by atoms with Crippen molar-refractivity contribution >= 4 is 17.9 Å². The average molecular weight is 499 g/mol. The van der Waals surface area contributed by atoms with E-state index in [1.807, 2.05) is 66.7 Å². The molecule has 1 unspecified atom stereocenters. The molecule has 2 fully saturated rings. The second kappa shape index (κ2) is 8.63. The van der Waals surface area contributed by atoms with Crippen molar-refractivity contribution in [3.63, 3.8) is 0 Å². The Hall–Kier alpha value is -3.84. The van der Waals surface area contributed by atoms with Gasteiger partial charge in [-0.1, -0.05) is 72.8 Å². The Balaban J connectivity index is 1.41. The van der Waals surface area contributed by atoms with Gasteiger partial charge in [0.25, 0.3) is 0 Å². The number of hydrogen-bond acceptors (Lipinski definition) is 5. The molecule has 190 valence electrons. The molecule has 2 aliphatic carbocycles. The van der Waals surface area contributed by atoms with Crippen LogP contribution in [0, 0.1) is 23.2 Å². The van der Waals surface area contributed by atoms with Gasteiger partial charge in [-0.25, -0.2) is 9.59 Å². The largest absolute Gasteiger partial charge is 0.453 e. The first-order chi connectivity index (χ1) is 18.0. The third-order valence-corrected chi connectivity index (χ3v) is 8.87. The first-order valence-electron chi connectivity index (χ1n) is 12.6. The molecule has 37 heavy (non-hydrogen) atoms. The summed E-state index contributed by atoms with van der Waals surface area (Å²) in [5.74, 6) is -0.157. The Labute approximate surface area is 216 Å². The predicted octanol–water partition coefficient (Wildman–Crippen LogP) is 4.64. The van der Waals surface area contributed by atoms with E-state index in [0.29, 0.717) is 6.54 Å². The van der Waals surface area contributed by atoms with Gasteiger partial charge in [-0.05, 0) is 23.1 Å². The Morgan fingerprint density at radius 2 is 1.86 bits per heavy atom. The van der Waals surface area contributed by atoms with E-state index in [1.165, 1.54) is 7.11 Å². The molecule has 1 saturated heterocycles. The number of ether oxygens (including phenoxy) is 2. The topological polar surface area (TPSA) is 79.3 Å². The maximum Gasteiger partial charge on any atom is 0.418 e. The van der Waals surface area contributed by atoms with E-state index in [2.05, 4.69) is 18.7 Å². The molecule has 2 amide bonds. The molecule has 2 aromatic rings. The molecule has 0 aromatic heterocycles. The van der Waals surface area contributed by atoms with Crippen molar-refractivity contribution < 1.29 is 24.2 Å². The summed E-state index contributed by atoms with van der Waals surface area (Å²) in [6.45, 7) is 4.82. The van der Waals surface area contributed by atoms with Crippen LogP contribution >= 0.6 is 0 Å². The molecular weight excluding hydrogens is 468 g/mol. The number of carbonyl (C=O) groups is 2. The highest BCUT2D eigenvalue weighted by molar-refractivity contribution is 5.92. The molecule has 4 aliphatic rings. The van der Waals surface area contributed by atoms with E-state index in [9.17, 15) is 14.7 Å². The molecule has 2 aliphatic heterocycles. The number of allylic oxidation sites excluding steroid dienone is 3. The molecule has 6 atom stereocenters. The summed E-state index contributed by atoms with van der Waals surface area (Å²) in [5.41, 5.74) is 1.57. The summed E-state index contributed by atoms with van der Waals surface area (Å²) in [7, 11) is 1.39. The molecular formula is C30H30N2O5. The summed E-state index contributed by atoms with van der Waals surface area (Å²) < 4.78 is 10.8. The molecule has 7 heteroatoms. The van der Waals surface area contributed by atoms with Crippen LogP contribution in [0.3, 0.4) is 0 Å². The van der Waals surface area contributed by atoms with Crippen molar-refractivity contribution in [1.29, 1.82) is 0 Å². The molecule has 2 heterocycles. The SMILES string of the molecule is C=CC12CN(C(=O)OC)[C@@H]3[C@@H](CO)[C@H]1C=C[C@]1(C=CN(C(=O)OCc4ccccc4)c4ccccc41)[C@@H]32. The number of piperidine rings is 1. The highest BCUT2D eigenvalue weighted by atomic mass is 16.6. The second-order valence-corrected chi connectivity index (χ2v) is 10.3. The number of nitrogens with zero attached hydrogens (tertiary/aromatic N) is 2. The van der Waals surface area contributed by atoms with Crippen LogP contribution in [0.15, 0.2) is 91.7 Å². The standard InChI is InChI=1S/C30H30N2O5/c1-3-29-19-32(27(34)36-2)25-21(17-33)22(29)13-14-30(26(25)29)15-16-31(24-12-8-7-11-23(24)30)28(35)37-18-20-9-5-4-6-10-20/h3-16,21-22,25-26,33H,1,17-19H2,2H3/t21-,22+,25+,26-,29?,30+/m0/s1. The van der Waals surface area contributed by atoms with Gasteiger partial charge in [0.1, 0.15) is 6.61 Å². The van der Waals surface area contributed by atoms with E-state index in [0.717, 1.165) is 16.8 Å². The predicted molar refractivity (Wildman–Crippen MR) is 139 cm³/mol. The van der Waals surface area contributed by atoms with Gasteiger partial charge in [-0.15, -0.1) is 6.58 Å². The highest BCUT2D eigenvalue weighted by Crippen LogP contribution is 2.69. The van der Waals surface area contributed by atoms with Crippen molar-refractivity contribution in [2.24, 2.45) is 23.2 Å². The number of rotatable bonds is 4. The van der Waals surface area contributed by atoms with Gasteiger partial charge >= 0.3 is 12.2 Å². The zero-order chi connectivity index (χ0) is 25.8. The van der Waals surface area contributed by atoms with Crippen LogP contribution in [-0.4, -0.2) is 48.5 Å². The van der Waals surface area contributed by atoms with E-state index in [1.54, 1.807) is 16.0 Å². The molecule has 0 radical (unpaired) electrons. The maximum absolute atomic E-state index is 13.2. The molecule has 4 bridgehead atoms. The monoisotopic (exact) mass is 498 g/mol. The lowest BCUT2D eigenvalue weighted by atomic mass is 9.55. The van der Waals surface area contributed by atoms with Crippen LogP contribution in [0.1, 0.15) is 11.1 Å². The van der Waals surface area contributed by atoms with Gasteiger partial charge in [-0.3, -0.25) is 4.90 Å². The van der Waals surface area contributed by atoms with Crippen LogP contribution in [0.25, 0.3) is 0 Å². The number of aliphatic hydroxyl groups excluding tert-OH is 1. The van der Waals surface area contributed by atoms with Crippen LogP contribution in [0.5, 0.6) is 0 Å². The first-order valence-corrected chi connectivity index (χ1v) is 12.6. The molecule has 6 rings (SSSR count). The fourth-order valence-corrected chi connectivity index (χ4v) is 7.45. The van der Waals surface area contributed by atoms with Crippen molar-refractivity contribution in [3.8, 4) is 0 Å². The number of amides is 2. The number of fused-ring (bicyclic) bond motifs is 2. The normalized spacial score (nSPS) is 32.4. The number of hydrogen-bond donors (Lipinski definition) is 1. The number of para-hydroxylation sites is 1. The van der Waals surface area contributed by atoms with Crippen molar-refractivity contribution in [1.82, 2.24) is 4.90 Å². The van der Waals surface area contributed by atoms with Gasteiger partial charge in [0.05, 0.1) is 12.8 Å². The number of likely N-dealkylation sites (tertiary alicyclic amines) is 1. The van der Waals surface area contributed by atoms with E-state index in [-0.39, 0.29) is 37.0 Å². The zero-order valence-corrected chi connectivity index (χ0v) is 20.7. The Bertz CT molecular complexity index is 1310. The van der Waals surface area contributed by atoms with Crippen molar-refractivity contribution in [3.05, 3.63) is 103 Å². The summed E-state index contributed by atoms with van der Waals surface area (Å²) in [4.78, 5) is 29.4. The van der Waals surface area contributed by atoms with Crippen LogP contribution in [0.2, 0.25) is 0 Å². The minimum absolute atomic E-state index is 0.0430. The quantitative estimate of drug-likeness (QED) is 0.622. The lowest BCUT2D eigenvalue weighted by Crippen LogP contribution is -2.49. The van der Waals surface area contributed by atoms with Crippen LogP contribution in [-0.2, 0) is 21.5 Å². The van der Waals surface area contributed by atoms with Gasteiger partial charge < -0.3 is 19.5 Å². The highest BCUT2D eigenvalue weighted by Gasteiger charge is 2.72. The number of aliphatic hydroxyl groups is 1. The fraction of sp³-hybridized carbons (Fsp3) is 0.333. The van der Waals surface area contributed by atoms with Crippen molar-refractivity contribution in [2.75, 3.05) is 25.2 Å². The molecule has 2 aromatic carbocycles. The summed E-state index contributed by atoms with van der Waals surface area (Å²) in [5, 5.41) is 10.4. The minimum atomic E-state index is -0.602. The molecule has 1 spiro atoms. The van der Waals surface area contributed by atoms with E-state index >= 15 is 0 Å². The third-order valence-electron chi connectivity index (χ3n) is 8.87. The zero-order valence-electron chi connectivity index (χ0n) is 20.7. The lowest BCUT2D eigenvalue weighted by molar-refractivity contribution is 0.0520. The Morgan fingerprint density at radius 1 is 1.11 bits per heavy atom. The van der Waals surface area contributed by atoms with Crippen LogP contribution in [0.4, 0.5) is 15.3 Å². The lowest BCUT2D eigenvalue weighted by Gasteiger charge is -2.48. The molecule has 1 saturated carbocycles. The van der Waals surface area contributed by atoms with Gasteiger partial charge in [0.2, 0.25) is 0 Å². The maximum atomic E-state index is 13.2. The Kier molecular flexibility index (Phi) is 5.49. The molecule has 7 nitrogen and oxygen atoms in total. The minimum Gasteiger partial charge on any atom is -0.453 e. The number of benzene rings is 2. The number of carbonyl (C=O) groups excluding carboxylic acids is 2. The first kappa shape index (κ1) is 23.6. The second-order valence-electron chi connectivity index (χ2n) is 10.3. The molecule has 1 N–H and O–H groups in total. The van der Waals surface area contributed by atoms with E-state index < -0.39 is 23.0 Å². The van der Waals surface area contributed by atoms with Crippen molar-refractivity contribution in [2.45, 2.75) is 18.1 Å². The fourth-order valence-electron chi connectivity index (χ4n) is 7.45. The summed E-state index contributed by atoms with van der Waals surface area (Å²) >= 11 is 0. The third kappa shape index (κ3) is 3.16. The van der Waals surface area contributed by atoms with Gasteiger partial charge in [0.15, 0.2) is 0 Å².